The van der Waals surface area contributed by atoms with Crippen molar-refractivity contribution in [3.8, 4) is 0 Å². The number of amides is 1. The molecule has 4 bridgehead atoms. The molecule has 0 aromatic carbocycles. The highest BCUT2D eigenvalue weighted by Gasteiger charge is 2.61. The highest BCUT2D eigenvalue weighted by Crippen LogP contribution is 2.64. The van der Waals surface area contributed by atoms with E-state index >= 15 is 0 Å². The normalized spacial score (nSPS) is 37.5. The molecule has 24 heavy (non-hydrogen) atoms. The zero-order chi connectivity index (χ0) is 17.0. The predicted molar refractivity (Wildman–Crippen MR) is 87.8 cm³/mol. The van der Waals surface area contributed by atoms with Crippen LogP contribution in [0.15, 0.2) is 12.7 Å². The summed E-state index contributed by atoms with van der Waals surface area (Å²) in [7, 11) is -3.06. The Balaban J connectivity index is 1.56. The second-order valence-corrected chi connectivity index (χ2v) is 10.5. The first kappa shape index (κ1) is 16.1. The number of nitrogens with one attached hydrogen (secondary N) is 1. The Morgan fingerprint density at radius 2 is 2.00 bits per heavy atom. The molecule has 7 nitrogen and oxygen atoms in total. The molecule has 132 valence electrons. The lowest BCUT2D eigenvalue weighted by atomic mass is 9.46. The van der Waals surface area contributed by atoms with Crippen LogP contribution in [0.3, 0.4) is 0 Å². The van der Waals surface area contributed by atoms with Gasteiger partial charge in [-0.05, 0) is 50.4 Å². The molecule has 0 aliphatic heterocycles. The largest absolute Gasteiger partial charge is 0.355 e. The summed E-state index contributed by atoms with van der Waals surface area (Å²) < 4.78 is 24.6. The number of carbonyl (C=O) groups excluding carboxylic acids is 1. The third-order valence-corrected chi connectivity index (χ3v) is 7.12. The van der Waals surface area contributed by atoms with Crippen molar-refractivity contribution in [2.24, 2.45) is 17.3 Å². The van der Waals surface area contributed by atoms with E-state index < -0.39 is 9.84 Å². The van der Waals surface area contributed by atoms with Gasteiger partial charge in [0, 0.05) is 12.8 Å². The molecule has 0 saturated heterocycles. The molecule has 4 fully saturated rings. The first-order valence-electron chi connectivity index (χ1n) is 8.62. The van der Waals surface area contributed by atoms with Crippen LogP contribution in [0.1, 0.15) is 38.5 Å². The SMILES string of the molecule is CS(=O)(=O)CCNC(=O)C12CC3CC(C1)CC(n1cncn1)(C3)C2. The maximum absolute atomic E-state index is 12.9. The smallest absolute Gasteiger partial charge is 0.226 e. The minimum Gasteiger partial charge on any atom is -0.355 e. The van der Waals surface area contributed by atoms with E-state index in [1.807, 2.05) is 4.68 Å². The van der Waals surface area contributed by atoms with Gasteiger partial charge in [-0.2, -0.15) is 5.10 Å². The topological polar surface area (TPSA) is 94.0 Å². The Kier molecular flexibility index (Phi) is 3.53. The van der Waals surface area contributed by atoms with Crippen molar-refractivity contribution in [1.82, 2.24) is 20.1 Å². The van der Waals surface area contributed by atoms with E-state index in [2.05, 4.69) is 15.4 Å². The van der Waals surface area contributed by atoms with Crippen LogP contribution < -0.4 is 5.32 Å². The molecule has 4 saturated carbocycles. The van der Waals surface area contributed by atoms with Crippen LogP contribution in [0, 0.1) is 17.3 Å². The lowest BCUT2D eigenvalue weighted by Crippen LogP contribution is -2.61. The minimum absolute atomic E-state index is 0.00407. The number of aromatic nitrogens is 3. The average Bonchev–Trinajstić information content (AvgIpc) is 2.99. The number of hydrogen-bond donors (Lipinski definition) is 1. The lowest BCUT2D eigenvalue weighted by molar-refractivity contribution is -0.155. The summed E-state index contributed by atoms with van der Waals surface area (Å²) in [6, 6.07) is 0. The summed E-state index contributed by atoms with van der Waals surface area (Å²) >= 11 is 0. The Morgan fingerprint density at radius 1 is 1.29 bits per heavy atom. The molecule has 5 rings (SSSR count). The first-order chi connectivity index (χ1) is 11.3. The molecule has 8 heteroatoms. The molecule has 4 aliphatic carbocycles. The van der Waals surface area contributed by atoms with Gasteiger partial charge in [0.2, 0.25) is 5.91 Å². The van der Waals surface area contributed by atoms with E-state index in [1.54, 1.807) is 12.7 Å². The Bertz CT molecular complexity index is 729. The molecule has 2 atom stereocenters. The molecule has 1 aromatic heterocycles. The number of rotatable bonds is 5. The second kappa shape index (κ2) is 5.28. The quantitative estimate of drug-likeness (QED) is 0.843. The zero-order valence-corrected chi connectivity index (χ0v) is 14.8. The monoisotopic (exact) mass is 352 g/mol. The Morgan fingerprint density at radius 3 is 2.58 bits per heavy atom. The summed E-state index contributed by atoms with van der Waals surface area (Å²) in [5, 5.41) is 7.28. The molecular formula is C16H24N4O3S. The third-order valence-electron chi connectivity index (χ3n) is 6.18. The van der Waals surface area contributed by atoms with Gasteiger partial charge in [0.05, 0.1) is 16.7 Å². The van der Waals surface area contributed by atoms with Crippen LogP contribution in [0.5, 0.6) is 0 Å². The van der Waals surface area contributed by atoms with E-state index in [4.69, 9.17) is 0 Å². The molecular weight excluding hydrogens is 328 g/mol. The van der Waals surface area contributed by atoms with Crippen molar-refractivity contribution in [2.75, 3.05) is 18.6 Å². The van der Waals surface area contributed by atoms with Crippen LogP contribution in [-0.4, -0.2) is 47.6 Å². The Labute approximate surface area is 142 Å². The minimum atomic E-state index is -3.06. The van der Waals surface area contributed by atoms with Gasteiger partial charge in [0.25, 0.3) is 0 Å². The molecule has 1 heterocycles. The fraction of sp³-hybridized carbons (Fsp3) is 0.812. The maximum atomic E-state index is 12.9. The fourth-order valence-corrected chi connectivity index (χ4v) is 6.21. The van der Waals surface area contributed by atoms with Gasteiger partial charge in [-0.1, -0.05) is 0 Å². The zero-order valence-electron chi connectivity index (χ0n) is 13.9. The van der Waals surface area contributed by atoms with Crippen LogP contribution in [0.4, 0.5) is 0 Å². The van der Waals surface area contributed by atoms with E-state index in [0.29, 0.717) is 11.8 Å². The highest BCUT2D eigenvalue weighted by atomic mass is 32.2. The van der Waals surface area contributed by atoms with Crippen LogP contribution in [-0.2, 0) is 20.2 Å². The summed E-state index contributed by atoms with van der Waals surface area (Å²) in [4.78, 5) is 17.1. The van der Waals surface area contributed by atoms with E-state index in [0.717, 1.165) is 32.1 Å². The molecule has 0 radical (unpaired) electrons. The predicted octanol–water partition coefficient (Wildman–Crippen LogP) is 0.734. The fourth-order valence-electron chi connectivity index (χ4n) is 5.74. The Hall–Kier alpha value is -1.44. The third kappa shape index (κ3) is 2.64. The van der Waals surface area contributed by atoms with Crippen molar-refractivity contribution in [3.63, 3.8) is 0 Å². The highest BCUT2D eigenvalue weighted by molar-refractivity contribution is 7.90. The standard InChI is InChI=1S/C16H24N4O3S/c1-24(22,23)3-2-18-14(21)15-5-12-4-13(6-15)8-16(7-12,9-15)20-11-17-10-19-20/h10-13H,2-9H2,1H3,(H,18,21). The first-order valence-corrected chi connectivity index (χ1v) is 10.7. The van der Waals surface area contributed by atoms with Crippen LogP contribution >= 0.6 is 0 Å². The van der Waals surface area contributed by atoms with Gasteiger partial charge in [-0.15, -0.1) is 0 Å². The molecule has 4 aliphatic rings. The van der Waals surface area contributed by atoms with Gasteiger partial charge in [-0.25, -0.2) is 18.1 Å². The van der Waals surface area contributed by atoms with E-state index in [-0.39, 0.29) is 29.2 Å². The number of hydrogen-bond acceptors (Lipinski definition) is 5. The second-order valence-electron chi connectivity index (χ2n) is 8.19. The van der Waals surface area contributed by atoms with Crippen molar-refractivity contribution >= 4 is 15.7 Å². The maximum Gasteiger partial charge on any atom is 0.226 e. The van der Waals surface area contributed by atoms with E-state index in [9.17, 15) is 13.2 Å². The summed E-state index contributed by atoms with van der Waals surface area (Å²) in [6.07, 6.45) is 10.5. The van der Waals surface area contributed by atoms with Gasteiger partial charge >= 0.3 is 0 Å². The summed E-state index contributed by atoms with van der Waals surface area (Å²) in [6.45, 7) is 0.199. The molecule has 1 N–H and O–H groups in total. The van der Waals surface area contributed by atoms with Gasteiger partial charge in [0.15, 0.2) is 0 Å². The van der Waals surface area contributed by atoms with Crippen molar-refractivity contribution in [3.05, 3.63) is 12.7 Å². The van der Waals surface area contributed by atoms with Gasteiger partial charge in [0.1, 0.15) is 22.5 Å². The number of carbonyl (C=O) groups is 1. The van der Waals surface area contributed by atoms with Gasteiger partial charge in [-0.3, -0.25) is 4.79 Å². The van der Waals surface area contributed by atoms with Crippen LogP contribution in [0.25, 0.3) is 0 Å². The average molecular weight is 352 g/mol. The van der Waals surface area contributed by atoms with Gasteiger partial charge < -0.3 is 5.32 Å². The number of sulfone groups is 1. The molecule has 2 unspecified atom stereocenters. The lowest BCUT2D eigenvalue weighted by Gasteiger charge is -2.60. The molecule has 0 spiro atoms. The molecule has 1 amide bonds. The molecule has 1 aromatic rings. The van der Waals surface area contributed by atoms with Crippen molar-refractivity contribution in [2.45, 2.75) is 44.1 Å². The number of nitrogens with zero attached hydrogens (tertiary/aromatic N) is 3. The van der Waals surface area contributed by atoms with Crippen molar-refractivity contribution in [1.29, 1.82) is 0 Å². The summed E-state index contributed by atoms with van der Waals surface area (Å²) in [5.74, 6) is 1.13. The van der Waals surface area contributed by atoms with Crippen LogP contribution in [0.2, 0.25) is 0 Å². The summed E-state index contributed by atoms with van der Waals surface area (Å²) in [5.41, 5.74) is -0.456. The van der Waals surface area contributed by atoms with Crippen molar-refractivity contribution < 1.29 is 13.2 Å². The van der Waals surface area contributed by atoms with E-state index in [1.165, 1.54) is 12.7 Å².